The standard InChI is InChI=1S/C22H29N3O5/c23-21-17(7-3-10-24-21)22(28)25-11-9-18(26)19(27)15-29-13-4-6-16-5-1-2-8-20(16)30-14-12-25/h1-3,5,7-8,10,18-19,26-27H,4,6,9,11-15H2,(H2,23,24)/t18-,19+/m0/s1. The van der Waals surface area contributed by atoms with Crippen LogP contribution in [0.2, 0.25) is 0 Å². The van der Waals surface area contributed by atoms with Crippen molar-refractivity contribution in [1.29, 1.82) is 0 Å². The Bertz CT molecular complexity index is 832. The highest BCUT2D eigenvalue weighted by Gasteiger charge is 2.23. The minimum absolute atomic E-state index is 0.0445. The van der Waals surface area contributed by atoms with E-state index in [1.54, 1.807) is 17.0 Å². The molecule has 0 bridgehead atoms. The van der Waals surface area contributed by atoms with E-state index in [0.29, 0.717) is 18.7 Å². The summed E-state index contributed by atoms with van der Waals surface area (Å²) >= 11 is 0. The number of anilines is 1. The van der Waals surface area contributed by atoms with Crippen LogP contribution in [-0.2, 0) is 11.2 Å². The number of rotatable bonds is 1. The Morgan fingerprint density at radius 2 is 1.93 bits per heavy atom. The molecule has 0 spiro atoms. The zero-order valence-electron chi connectivity index (χ0n) is 16.9. The van der Waals surface area contributed by atoms with Crippen molar-refractivity contribution in [1.82, 2.24) is 9.88 Å². The number of hydrogen-bond acceptors (Lipinski definition) is 7. The van der Waals surface area contributed by atoms with E-state index in [4.69, 9.17) is 15.2 Å². The lowest BCUT2D eigenvalue weighted by atomic mass is 10.1. The number of nitrogens with zero attached hydrogens (tertiary/aromatic N) is 2. The monoisotopic (exact) mass is 415 g/mol. The molecule has 0 saturated heterocycles. The van der Waals surface area contributed by atoms with Gasteiger partial charge in [0.05, 0.1) is 24.8 Å². The van der Waals surface area contributed by atoms with Crippen molar-refractivity contribution < 1.29 is 24.5 Å². The third-order valence-corrected chi connectivity index (χ3v) is 5.11. The zero-order valence-corrected chi connectivity index (χ0v) is 16.9. The number of aromatic nitrogens is 1. The van der Waals surface area contributed by atoms with Crippen LogP contribution in [0, 0.1) is 0 Å². The Morgan fingerprint density at radius 3 is 2.77 bits per heavy atom. The Balaban J connectivity index is 1.77. The summed E-state index contributed by atoms with van der Waals surface area (Å²) < 4.78 is 11.5. The number of para-hydroxylation sites is 1. The van der Waals surface area contributed by atoms with E-state index in [-0.39, 0.29) is 37.9 Å². The number of ether oxygens (including phenoxy) is 2. The number of pyridine rings is 1. The SMILES string of the molecule is Nc1ncccc1C(=O)N1CCOc2ccccc2CCCOC[C@@H](O)[C@@H](O)CC1. The van der Waals surface area contributed by atoms with Crippen LogP contribution in [0.5, 0.6) is 5.75 Å². The van der Waals surface area contributed by atoms with E-state index in [1.165, 1.54) is 6.20 Å². The first-order valence-electron chi connectivity index (χ1n) is 10.2. The molecule has 3 rings (SSSR count). The molecule has 0 fully saturated rings. The molecule has 162 valence electrons. The Labute approximate surface area is 176 Å². The second-order valence-electron chi connectivity index (χ2n) is 7.29. The highest BCUT2D eigenvalue weighted by molar-refractivity contribution is 5.98. The van der Waals surface area contributed by atoms with E-state index in [2.05, 4.69) is 4.98 Å². The minimum Gasteiger partial charge on any atom is -0.491 e. The van der Waals surface area contributed by atoms with Crippen LogP contribution in [-0.4, -0.2) is 71.1 Å². The molecule has 1 aromatic heterocycles. The summed E-state index contributed by atoms with van der Waals surface area (Å²) in [5.41, 5.74) is 7.23. The summed E-state index contributed by atoms with van der Waals surface area (Å²) in [6.45, 7) is 1.35. The van der Waals surface area contributed by atoms with Crippen molar-refractivity contribution in [2.75, 3.05) is 38.6 Å². The fourth-order valence-electron chi connectivity index (χ4n) is 3.36. The summed E-state index contributed by atoms with van der Waals surface area (Å²) in [5.74, 6) is 0.638. The van der Waals surface area contributed by atoms with Gasteiger partial charge in [-0.1, -0.05) is 18.2 Å². The summed E-state index contributed by atoms with van der Waals surface area (Å²) in [6, 6.07) is 11.1. The molecule has 2 atom stereocenters. The van der Waals surface area contributed by atoms with Gasteiger partial charge < -0.3 is 30.3 Å². The number of benzene rings is 1. The summed E-state index contributed by atoms with van der Waals surface area (Å²) in [7, 11) is 0. The number of carbonyl (C=O) groups excluding carboxylic acids is 1. The number of aryl methyl sites for hydroxylation is 1. The van der Waals surface area contributed by atoms with Gasteiger partial charge in [-0.05, 0) is 43.0 Å². The highest BCUT2D eigenvalue weighted by Crippen LogP contribution is 2.20. The molecular weight excluding hydrogens is 386 g/mol. The van der Waals surface area contributed by atoms with Crippen LogP contribution in [0.25, 0.3) is 0 Å². The third kappa shape index (κ3) is 5.91. The lowest BCUT2D eigenvalue weighted by molar-refractivity contribution is -0.0429. The summed E-state index contributed by atoms with van der Waals surface area (Å²) in [6.07, 6.45) is 1.25. The molecular formula is C22H29N3O5. The molecule has 8 heteroatoms. The van der Waals surface area contributed by atoms with Crippen molar-refractivity contribution in [3.05, 3.63) is 53.7 Å². The molecule has 0 unspecified atom stereocenters. The number of hydrogen-bond donors (Lipinski definition) is 3. The first-order valence-corrected chi connectivity index (χ1v) is 10.2. The smallest absolute Gasteiger partial charge is 0.257 e. The van der Waals surface area contributed by atoms with E-state index in [9.17, 15) is 15.0 Å². The van der Waals surface area contributed by atoms with Gasteiger partial charge in [0.2, 0.25) is 0 Å². The number of nitrogens with two attached hydrogens (primary N) is 1. The Morgan fingerprint density at radius 1 is 1.10 bits per heavy atom. The predicted octanol–water partition coefficient (Wildman–Crippen LogP) is 1.26. The molecule has 0 aliphatic carbocycles. The lowest BCUT2D eigenvalue weighted by Gasteiger charge is -2.26. The van der Waals surface area contributed by atoms with Gasteiger partial charge in [-0.15, -0.1) is 0 Å². The van der Waals surface area contributed by atoms with Crippen molar-refractivity contribution in [3.63, 3.8) is 0 Å². The molecule has 2 aromatic rings. The molecule has 2 heterocycles. The van der Waals surface area contributed by atoms with Gasteiger partial charge >= 0.3 is 0 Å². The van der Waals surface area contributed by atoms with Gasteiger partial charge in [-0.2, -0.15) is 0 Å². The maximum absolute atomic E-state index is 13.0. The number of amides is 1. The van der Waals surface area contributed by atoms with Gasteiger partial charge in [0.25, 0.3) is 5.91 Å². The largest absolute Gasteiger partial charge is 0.491 e. The maximum atomic E-state index is 13.0. The number of aliphatic hydroxyl groups is 2. The van der Waals surface area contributed by atoms with Crippen LogP contribution in [0.4, 0.5) is 5.82 Å². The molecule has 0 radical (unpaired) electrons. The van der Waals surface area contributed by atoms with Crippen LogP contribution in [0.1, 0.15) is 28.8 Å². The number of carbonyl (C=O) groups is 1. The first kappa shape index (κ1) is 22.0. The summed E-state index contributed by atoms with van der Waals surface area (Å²) in [4.78, 5) is 18.6. The molecule has 4 N–H and O–H groups in total. The fourth-order valence-corrected chi connectivity index (χ4v) is 3.36. The second-order valence-corrected chi connectivity index (χ2v) is 7.29. The lowest BCUT2D eigenvalue weighted by Crippen LogP contribution is -2.39. The van der Waals surface area contributed by atoms with Crippen molar-refractivity contribution in [2.24, 2.45) is 0 Å². The third-order valence-electron chi connectivity index (χ3n) is 5.11. The predicted molar refractivity (Wildman–Crippen MR) is 112 cm³/mol. The number of aliphatic hydroxyl groups excluding tert-OH is 2. The topological polar surface area (TPSA) is 118 Å². The van der Waals surface area contributed by atoms with E-state index >= 15 is 0 Å². The van der Waals surface area contributed by atoms with Crippen molar-refractivity contribution in [3.8, 4) is 5.75 Å². The normalized spacial score (nSPS) is 21.6. The second kappa shape index (κ2) is 10.9. The number of fused-ring (bicyclic) bond motifs is 1. The zero-order chi connectivity index (χ0) is 21.3. The van der Waals surface area contributed by atoms with Crippen LogP contribution >= 0.6 is 0 Å². The number of nitrogen functional groups attached to an aromatic ring is 1. The van der Waals surface area contributed by atoms with Gasteiger partial charge in [0, 0.05) is 19.3 Å². The van der Waals surface area contributed by atoms with Crippen LogP contribution < -0.4 is 10.5 Å². The van der Waals surface area contributed by atoms with E-state index in [0.717, 1.165) is 24.2 Å². The average Bonchev–Trinajstić information content (AvgIpc) is 2.76. The highest BCUT2D eigenvalue weighted by atomic mass is 16.5. The van der Waals surface area contributed by atoms with Gasteiger partial charge in [-0.3, -0.25) is 4.79 Å². The Hall–Kier alpha value is -2.68. The van der Waals surface area contributed by atoms with Gasteiger partial charge in [0.15, 0.2) is 0 Å². The van der Waals surface area contributed by atoms with Crippen molar-refractivity contribution in [2.45, 2.75) is 31.5 Å². The van der Waals surface area contributed by atoms with Gasteiger partial charge in [0.1, 0.15) is 24.3 Å². The van der Waals surface area contributed by atoms with Crippen molar-refractivity contribution >= 4 is 11.7 Å². The molecule has 30 heavy (non-hydrogen) atoms. The molecule has 1 aromatic carbocycles. The quantitative estimate of drug-likeness (QED) is 0.642. The molecule has 1 aliphatic heterocycles. The fraction of sp³-hybridized carbons (Fsp3) is 0.455. The van der Waals surface area contributed by atoms with E-state index in [1.807, 2.05) is 24.3 Å². The van der Waals surface area contributed by atoms with Crippen LogP contribution in [0.15, 0.2) is 42.6 Å². The molecule has 1 amide bonds. The minimum atomic E-state index is -1.01. The Kier molecular flexibility index (Phi) is 8.01. The first-order chi connectivity index (χ1) is 14.6. The maximum Gasteiger partial charge on any atom is 0.257 e. The average molecular weight is 415 g/mol. The van der Waals surface area contributed by atoms with E-state index < -0.39 is 12.2 Å². The summed E-state index contributed by atoms with van der Waals surface area (Å²) in [5, 5.41) is 20.4. The molecule has 8 nitrogen and oxygen atoms in total. The van der Waals surface area contributed by atoms with Gasteiger partial charge in [-0.25, -0.2) is 4.98 Å². The molecule has 0 saturated carbocycles. The van der Waals surface area contributed by atoms with Crippen LogP contribution in [0.3, 0.4) is 0 Å². The molecule has 1 aliphatic rings.